The highest BCUT2D eigenvalue weighted by Crippen LogP contribution is 2.39. The highest BCUT2D eigenvalue weighted by atomic mass is 16.6. The Hall–Kier alpha value is -1.81. The fourth-order valence-electron chi connectivity index (χ4n) is 2.73. The predicted molar refractivity (Wildman–Crippen MR) is 77.3 cm³/mol. The van der Waals surface area contributed by atoms with Crippen LogP contribution in [0.1, 0.15) is 13.2 Å². The number of aliphatic hydroxyl groups is 3. The van der Waals surface area contributed by atoms with Crippen molar-refractivity contribution in [2.24, 2.45) is 0 Å². The van der Waals surface area contributed by atoms with Crippen LogP contribution in [0.4, 0.5) is 5.82 Å². The van der Waals surface area contributed by atoms with E-state index in [0.29, 0.717) is 17.0 Å². The van der Waals surface area contributed by atoms with Gasteiger partial charge in [0.05, 0.1) is 12.9 Å². The Bertz CT molecular complexity index is 686. The molecule has 9 nitrogen and oxygen atoms in total. The fourth-order valence-corrected chi connectivity index (χ4v) is 2.73. The first-order valence-corrected chi connectivity index (χ1v) is 6.89. The number of aliphatic hydroxyl groups excluding tert-OH is 2. The van der Waals surface area contributed by atoms with Gasteiger partial charge < -0.3 is 25.0 Å². The van der Waals surface area contributed by atoms with E-state index in [0.717, 1.165) is 0 Å². The summed E-state index contributed by atoms with van der Waals surface area (Å²) in [7, 11) is 3.68. The highest BCUT2D eigenvalue weighted by Gasteiger charge is 2.53. The maximum atomic E-state index is 10.5. The lowest BCUT2D eigenvalue weighted by atomic mass is 9.96. The van der Waals surface area contributed by atoms with Crippen molar-refractivity contribution in [2.45, 2.75) is 31.0 Å². The van der Waals surface area contributed by atoms with Crippen LogP contribution in [0.5, 0.6) is 0 Å². The zero-order valence-corrected chi connectivity index (χ0v) is 12.6. The van der Waals surface area contributed by atoms with E-state index in [1.165, 1.54) is 19.6 Å². The molecule has 0 radical (unpaired) electrons. The quantitative estimate of drug-likeness (QED) is 0.654. The molecule has 0 spiro atoms. The summed E-state index contributed by atoms with van der Waals surface area (Å²) in [6.07, 6.45) is -0.102. The first-order valence-electron chi connectivity index (χ1n) is 6.89. The molecule has 120 valence electrons. The maximum Gasteiger partial charge on any atom is 0.168 e. The van der Waals surface area contributed by atoms with Crippen LogP contribution in [-0.2, 0) is 4.74 Å². The molecule has 3 heterocycles. The second-order valence-electron chi connectivity index (χ2n) is 5.80. The Morgan fingerprint density at radius 3 is 2.68 bits per heavy atom. The lowest BCUT2D eigenvalue weighted by Crippen LogP contribution is -2.44. The molecular weight excluding hydrogens is 290 g/mol. The van der Waals surface area contributed by atoms with Gasteiger partial charge in [0, 0.05) is 14.1 Å². The van der Waals surface area contributed by atoms with Gasteiger partial charge in [-0.15, -0.1) is 0 Å². The minimum absolute atomic E-state index is 0.390. The van der Waals surface area contributed by atoms with Crippen molar-refractivity contribution in [1.29, 1.82) is 0 Å². The Balaban J connectivity index is 2.10. The van der Waals surface area contributed by atoms with Gasteiger partial charge in [-0.2, -0.15) is 0 Å². The van der Waals surface area contributed by atoms with Crippen molar-refractivity contribution < 1.29 is 20.1 Å². The fraction of sp³-hybridized carbons (Fsp3) is 0.615. The number of hydrogen-bond donors (Lipinski definition) is 3. The van der Waals surface area contributed by atoms with Crippen molar-refractivity contribution in [1.82, 2.24) is 19.5 Å². The Kier molecular flexibility index (Phi) is 3.52. The van der Waals surface area contributed by atoms with E-state index < -0.39 is 30.6 Å². The van der Waals surface area contributed by atoms with E-state index in [1.54, 1.807) is 9.47 Å². The third-order valence-electron chi connectivity index (χ3n) is 3.95. The molecule has 1 saturated heterocycles. The zero-order valence-electron chi connectivity index (χ0n) is 12.6. The minimum atomic E-state index is -1.58. The van der Waals surface area contributed by atoms with Crippen molar-refractivity contribution in [3.8, 4) is 0 Å². The van der Waals surface area contributed by atoms with Gasteiger partial charge in [-0.3, -0.25) is 4.57 Å². The monoisotopic (exact) mass is 309 g/mol. The molecule has 1 fully saturated rings. The molecule has 0 bridgehead atoms. The molecule has 3 N–H and O–H groups in total. The molecule has 0 saturated carbocycles. The van der Waals surface area contributed by atoms with Crippen LogP contribution in [0.15, 0.2) is 12.7 Å². The summed E-state index contributed by atoms with van der Waals surface area (Å²) in [5, 5.41) is 29.9. The van der Waals surface area contributed by atoms with Crippen molar-refractivity contribution in [2.75, 3.05) is 25.6 Å². The third kappa shape index (κ3) is 2.05. The largest absolute Gasteiger partial charge is 0.394 e. The van der Waals surface area contributed by atoms with Gasteiger partial charge in [-0.1, -0.05) is 0 Å². The van der Waals surface area contributed by atoms with Gasteiger partial charge in [0.1, 0.15) is 24.1 Å². The average molecular weight is 309 g/mol. The second-order valence-corrected chi connectivity index (χ2v) is 5.80. The molecule has 0 amide bonds. The molecule has 1 aliphatic rings. The van der Waals surface area contributed by atoms with Gasteiger partial charge in [-0.05, 0) is 6.92 Å². The topological polar surface area (TPSA) is 117 Å². The predicted octanol–water partition coefficient (Wildman–Crippen LogP) is -1.11. The molecule has 0 aromatic carbocycles. The molecule has 2 aromatic rings. The smallest absolute Gasteiger partial charge is 0.168 e. The summed E-state index contributed by atoms with van der Waals surface area (Å²) in [6, 6.07) is 0. The molecule has 2 unspecified atom stereocenters. The number of rotatable bonds is 3. The lowest BCUT2D eigenvalue weighted by Gasteiger charge is -2.27. The molecule has 0 aliphatic carbocycles. The minimum Gasteiger partial charge on any atom is -0.394 e. The van der Waals surface area contributed by atoms with Crippen LogP contribution in [0.2, 0.25) is 0 Å². The van der Waals surface area contributed by atoms with Crippen LogP contribution < -0.4 is 4.90 Å². The summed E-state index contributed by atoms with van der Waals surface area (Å²) in [5.41, 5.74) is -0.534. The van der Waals surface area contributed by atoms with Crippen molar-refractivity contribution in [3.05, 3.63) is 12.7 Å². The summed E-state index contributed by atoms with van der Waals surface area (Å²) < 4.78 is 7.13. The van der Waals surface area contributed by atoms with Crippen LogP contribution in [-0.4, -0.2) is 73.3 Å². The Labute approximate surface area is 126 Å². The average Bonchev–Trinajstić information content (AvgIpc) is 2.99. The molecule has 3 rings (SSSR count). The van der Waals surface area contributed by atoms with E-state index in [1.807, 2.05) is 14.1 Å². The number of hydrogen-bond acceptors (Lipinski definition) is 8. The highest BCUT2D eigenvalue weighted by molar-refractivity contribution is 5.83. The first-order chi connectivity index (χ1) is 10.4. The second kappa shape index (κ2) is 5.13. The molecule has 9 heteroatoms. The van der Waals surface area contributed by atoms with E-state index in [-0.39, 0.29) is 0 Å². The lowest BCUT2D eigenvalue weighted by molar-refractivity contribution is -0.0950. The van der Waals surface area contributed by atoms with Crippen LogP contribution in [0.3, 0.4) is 0 Å². The number of nitrogens with zero attached hydrogens (tertiary/aromatic N) is 5. The van der Waals surface area contributed by atoms with Gasteiger partial charge in [0.2, 0.25) is 0 Å². The van der Waals surface area contributed by atoms with E-state index in [2.05, 4.69) is 15.0 Å². The number of imidazole rings is 1. The number of ether oxygens (including phenoxy) is 1. The van der Waals surface area contributed by atoms with Crippen LogP contribution in [0.25, 0.3) is 11.2 Å². The summed E-state index contributed by atoms with van der Waals surface area (Å²) in [4.78, 5) is 14.5. The van der Waals surface area contributed by atoms with Gasteiger partial charge >= 0.3 is 0 Å². The molecule has 2 aromatic heterocycles. The summed E-state index contributed by atoms with van der Waals surface area (Å²) in [5.74, 6) is 0.639. The number of aromatic nitrogens is 4. The van der Waals surface area contributed by atoms with Crippen LogP contribution in [0, 0.1) is 0 Å². The third-order valence-corrected chi connectivity index (χ3v) is 3.95. The SMILES string of the molecule is CN(C)c1ncnc2c1ncn2C1OC(CO)[C@@H](O)[C@@]1(C)O. The summed E-state index contributed by atoms with van der Waals surface area (Å²) in [6.45, 7) is 1.07. The standard InChI is InChI=1S/C13H19N5O4/c1-13(21)9(20)7(4-19)22-12(13)18-6-16-8-10(17(2)3)14-5-15-11(8)18/h5-7,9,12,19-21H,4H2,1-3H3/t7?,9-,12?,13-/m1/s1. The molecular formula is C13H19N5O4. The summed E-state index contributed by atoms with van der Waals surface area (Å²) >= 11 is 0. The van der Waals surface area contributed by atoms with Crippen LogP contribution >= 0.6 is 0 Å². The molecule has 4 atom stereocenters. The first kappa shape index (κ1) is 15.1. The van der Waals surface area contributed by atoms with Gasteiger partial charge in [0.15, 0.2) is 23.2 Å². The molecule has 22 heavy (non-hydrogen) atoms. The maximum absolute atomic E-state index is 10.5. The van der Waals surface area contributed by atoms with Gasteiger partial charge in [-0.25, -0.2) is 15.0 Å². The normalized spacial score (nSPS) is 31.8. The zero-order chi connectivity index (χ0) is 16.1. The number of fused-ring (bicyclic) bond motifs is 1. The van der Waals surface area contributed by atoms with E-state index in [9.17, 15) is 15.3 Å². The Morgan fingerprint density at radius 1 is 1.36 bits per heavy atom. The molecule has 1 aliphatic heterocycles. The van der Waals surface area contributed by atoms with Crippen molar-refractivity contribution in [3.63, 3.8) is 0 Å². The van der Waals surface area contributed by atoms with Crippen molar-refractivity contribution >= 4 is 17.0 Å². The van der Waals surface area contributed by atoms with E-state index >= 15 is 0 Å². The Morgan fingerprint density at radius 2 is 2.09 bits per heavy atom. The van der Waals surface area contributed by atoms with Gasteiger partial charge in [0.25, 0.3) is 0 Å². The van der Waals surface area contributed by atoms with E-state index in [4.69, 9.17) is 4.74 Å². The number of anilines is 1.